The van der Waals surface area contributed by atoms with Gasteiger partial charge < -0.3 is 9.53 Å². The van der Waals surface area contributed by atoms with Gasteiger partial charge in [0.1, 0.15) is 6.29 Å². The molecule has 0 aromatic heterocycles. The highest BCUT2D eigenvalue weighted by atomic mass is 16.5. The lowest BCUT2D eigenvalue weighted by Crippen LogP contribution is -2.04. The van der Waals surface area contributed by atoms with Crippen LogP contribution in [-0.4, -0.2) is 19.0 Å². The van der Waals surface area contributed by atoms with E-state index in [2.05, 4.69) is 13.8 Å². The van der Waals surface area contributed by atoms with Crippen molar-refractivity contribution in [2.45, 2.75) is 46.6 Å². The topological polar surface area (TPSA) is 26.3 Å². The molecule has 0 aliphatic carbocycles. The lowest BCUT2D eigenvalue weighted by atomic mass is 10.3. The average molecular weight is 160 g/mol. The van der Waals surface area contributed by atoms with Gasteiger partial charge in [-0.25, -0.2) is 0 Å². The molecule has 0 spiro atoms. The standard InChI is InChI=1S/C6H14O.C3H6O/c1-4-6(3)7-5-2;1-2-3-4/h6H,4-5H2,1-3H3;3H,2H2,1H3. The molecule has 11 heavy (non-hydrogen) atoms. The van der Waals surface area contributed by atoms with Gasteiger partial charge in [-0.15, -0.1) is 0 Å². The smallest absolute Gasteiger partial charge is 0.119 e. The Morgan fingerprint density at radius 1 is 1.36 bits per heavy atom. The van der Waals surface area contributed by atoms with E-state index in [1.54, 1.807) is 0 Å². The molecule has 0 radical (unpaired) electrons. The molecule has 0 fully saturated rings. The Morgan fingerprint density at radius 3 is 1.91 bits per heavy atom. The summed E-state index contributed by atoms with van der Waals surface area (Å²) < 4.78 is 5.19. The van der Waals surface area contributed by atoms with E-state index in [9.17, 15) is 4.79 Å². The fourth-order valence-corrected chi connectivity index (χ4v) is 0.402. The maximum absolute atomic E-state index is 9.17. The van der Waals surface area contributed by atoms with Crippen LogP contribution in [0.2, 0.25) is 0 Å². The van der Waals surface area contributed by atoms with Crippen LogP contribution in [0.25, 0.3) is 0 Å². The number of ether oxygens (including phenoxy) is 1. The molecule has 0 saturated heterocycles. The second-order valence-electron chi connectivity index (χ2n) is 2.25. The van der Waals surface area contributed by atoms with Crippen LogP contribution in [0.1, 0.15) is 40.5 Å². The summed E-state index contributed by atoms with van der Waals surface area (Å²) in [6, 6.07) is 0. The van der Waals surface area contributed by atoms with Gasteiger partial charge in [-0.05, 0) is 20.3 Å². The third kappa shape index (κ3) is 17.7. The Hall–Kier alpha value is -0.370. The molecule has 0 saturated carbocycles. The molecule has 0 bridgehead atoms. The van der Waals surface area contributed by atoms with Gasteiger partial charge >= 0.3 is 0 Å². The van der Waals surface area contributed by atoms with Crippen LogP contribution in [0.3, 0.4) is 0 Å². The van der Waals surface area contributed by atoms with E-state index in [4.69, 9.17) is 4.74 Å². The summed E-state index contributed by atoms with van der Waals surface area (Å²) in [6.45, 7) is 8.89. The van der Waals surface area contributed by atoms with Crippen LogP contribution in [0.5, 0.6) is 0 Å². The normalized spacial score (nSPS) is 11.3. The van der Waals surface area contributed by atoms with Gasteiger partial charge in [-0.2, -0.15) is 0 Å². The quantitative estimate of drug-likeness (QED) is 0.590. The third-order valence-electron chi connectivity index (χ3n) is 1.19. The van der Waals surface area contributed by atoms with Gasteiger partial charge in [0.2, 0.25) is 0 Å². The van der Waals surface area contributed by atoms with Crippen molar-refractivity contribution in [1.29, 1.82) is 0 Å². The van der Waals surface area contributed by atoms with Gasteiger partial charge in [-0.1, -0.05) is 13.8 Å². The Morgan fingerprint density at radius 2 is 1.82 bits per heavy atom. The SMILES string of the molecule is CCC=O.CCOC(C)CC. The molecule has 0 rings (SSSR count). The van der Waals surface area contributed by atoms with Crippen molar-refractivity contribution >= 4 is 6.29 Å². The molecule has 1 unspecified atom stereocenters. The van der Waals surface area contributed by atoms with Gasteiger partial charge in [0.15, 0.2) is 0 Å². The largest absolute Gasteiger partial charge is 0.379 e. The highest BCUT2D eigenvalue weighted by Gasteiger charge is 1.91. The van der Waals surface area contributed by atoms with Crippen molar-refractivity contribution in [2.24, 2.45) is 0 Å². The van der Waals surface area contributed by atoms with Crippen molar-refractivity contribution in [3.8, 4) is 0 Å². The lowest BCUT2D eigenvalue weighted by molar-refractivity contribution is -0.107. The zero-order valence-electron chi connectivity index (χ0n) is 8.09. The van der Waals surface area contributed by atoms with E-state index >= 15 is 0 Å². The minimum atomic E-state index is 0.449. The zero-order valence-corrected chi connectivity index (χ0v) is 8.09. The average Bonchev–Trinajstić information content (AvgIpc) is 2.05. The molecule has 0 N–H and O–H groups in total. The van der Waals surface area contributed by atoms with Gasteiger partial charge in [0.05, 0.1) is 6.10 Å². The van der Waals surface area contributed by atoms with Crippen molar-refractivity contribution in [3.05, 3.63) is 0 Å². The van der Waals surface area contributed by atoms with Gasteiger partial charge in [0, 0.05) is 13.0 Å². The predicted octanol–water partition coefficient (Wildman–Crippen LogP) is 2.42. The Kier molecular flexibility index (Phi) is 14.8. The Labute approximate surface area is 69.9 Å². The van der Waals surface area contributed by atoms with E-state index in [0.29, 0.717) is 12.5 Å². The van der Waals surface area contributed by atoms with E-state index in [1.807, 2.05) is 13.8 Å². The molecule has 0 amide bonds. The molecule has 2 heteroatoms. The van der Waals surface area contributed by atoms with Crippen LogP contribution in [0, 0.1) is 0 Å². The van der Waals surface area contributed by atoms with Crippen molar-refractivity contribution in [2.75, 3.05) is 6.61 Å². The number of hydrogen-bond acceptors (Lipinski definition) is 2. The molecule has 2 nitrogen and oxygen atoms in total. The summed E-state index contributed by atoms with van der Waals surface area (Å²) in [7, 11) is 0. The minimum absolute atomic E-state index is 0.449. The first-order valence-corrected chi connectivity index (χ1v) is 4.28. The fourth-order valence-electron chi connectivity index (χ4n) is 0.402. The van der Waals surface area contributed by atoms with E-state index in [-0.39, 0.29) is 0 Å². The number of hydrogen-bond donors (Lipinski definition) is 0. The fraction of sp³-hybridized carbons (Fsp3) is 0.889. The first kappa shape index (κ1) is 13.2. The van der Waals surface area contributed by atoms with E-state index in [0.717, 1.165) is 19.3 Å². The van der Waals surface area contributed by atoms with E-state index < -0.39 is 0 Å². The molecule has 0 aliphatic heterocycles. The summed E-state index contributed by atoms with van der Waals surface area (Å²) in [5, 5.41) is 0. The highest BCUT2D eigenvalue weighted by molar-refractivity contribution is 5.48. The van der Waals surface area contributed by atoms with Crippen molar-refractivity contribution < 1.29 is 9.53 Å². The summed E-state index contributed by atoms with van der Waals surface area (Å²) in [5.74, 6) is 0. The van der Waals surface area contributed by atoms with E-state index in [1.165, 1.54) is 0 Å². The third-order valence-corrected chi connectivity index (χ3v) is 1.19. The first-order chi connectivity index (χ1) is 5.22. The van der Waals surface area contributed by atoms with Crippen LogP contribution >= 0.6 is 0 Å². The number of rotatable bonds is 4. The molecular weight excluding hydrogens is 140 g/mol. The second-order valence-corrected chi connectivity index (χ2v) is 2.25. The zero-order chi connectivity index (χ0) is 9.11. The van der Waals surface area contributed by atoms with Crippen LogP contribution in [-0.2, 0) is 9.53 Å². The number of carbonyl (C=O) groups is 1. The molecule has 0 heterocycles. The Balaban J connectivity index is 0. The Bertz CT molecular complexity index is 72.0. The summed E-state index contributed by atoms with van der Waals surface area (Å²) in [4.78, 5) is 9.17. The second kappa shape index (κ2) is 12.3. The number of aldehydes is 1. The first-order valence-electron chi connectivity index (χ1n) is 4.28. The molecule has 1 atom stereocenters. The molecule has 0 aliphatic rings. The van der Waals surface area contributed by atoms with Crippen LogP contribution in [0.15, 0.2) is 0 Å². The lowest BCUT2D eigenvalue weighted by Gasteiger charge is -2.05. The summed E-state index contributed by atoms with van der Waals surface area (Å²) in [5.41, 5.74) is 0. The monoisotopic (exact) mass is 160 g/mol. The van der Waals surface area contributed by atoms with Crippen LogP contribution < -0.4 is 0 Å². The highest BCUT2D eigenvalue weighted by Crippen LogP contribution is 1.92. The predicted molar refractivity (Wildman–Crippen MR) is 47.7 cm³/mol. The van der Waals surface area contributed by atoms with Crippen molar-refractivity contribution in [1.82, 2.24) is 0 Å². The van der Waals surface area contributed by atoms with Gasteiger partial charge in [-0.3, -0.25) is 0 Å². The van der Waals surface area contributed by atoms with Crippen molar-refractivity contribution in [3.63, 3.8) is 0 Å². The maximum atomic E-state index is 9.17. The molecular formula is C9H20O2. The molecule has 68 valence electrons. The van der Waals surface area contributed by atoms with Crippen LogP contribution in [0.4, 0.5) is 0 Å². The number of carbonyl (C=O) groups excluding carboxylic acids is 1. The summed E-state index contributed by atoms with van der Waals surface area (Å²) >= 11 is 0. The summed E-state index contributed by atoms with van der Waals surface area (Å²) in [6.07, 6.45) is 3.08. The molecule has 0 aromatic carbocycles. The minimum Gasteiger partial charge on any atom is -0.379 e. The maximum Gasteiger partial charge on any atom is 0.119 e. The van der Waals surface area contributed by atoms with Gasteiger partial charge in [0.25, 0.3) is 0 Å². The molecule has 0 aromatic rings.